The molecule has 16 heavy (non-hydrogen) atoms. The maximum atomic E-state index is 11.9. The van der Waals surface area contributed by atoms with Gasteiger partial charge in [0.15, 0.2) is 0 Å². The van der Waals surface area contributed by atoms with Gasteiger partial charge in [0.05, 0.1) is 0 Å². The highest BCUT2D eigenvalue weighted by Gasteiger charge is 2.40. The molecular formula is C14H25NO. The molecular weight excluding hydrogens is 198 g/mol. The van der Waals surface area contributed by atoms with E-state index in [4.69, 9.17) is 5.73 Å². The standard InChI is InChI=1S/C14H25NO/c1-9(2)14(15)8-13(16)7-12-6-10-3-4-11(12)5-10/h9-12,14H,3-8,15H2,1-2H3. The van der Waals surface area contributed by atoms with E-state index in [0.29, 0.717) is 24.0 Å². The summed E-state index contributed by atoms with van der Waals surface area (Å²) in [5.41, 5.74) is 5.95. The van der Waals surface area contributed by atoms with Crippen LogP contribution in [-0.2, 0) is 4.79 Å². The second kappa shape index (κ2) is 4.87. The van der Waals surface area contributed by atoms with Crippen molar-refractivity contribution in [1.82, 2.24) is 0 Å². The average Bonchev–Trinajstić information content (AvgIpc) is 2.78. The molecule has 0 aromatic heterocycles. The molecule has 0 radical (unpaired) electrons. The normalized spacial score (nSPS) is 34.6. The van der Waals surface area contributed by atoms with Crippen LogP contribution in [0.4, 0.5) is 0 Å². The van der Waals surface area contributed by atoms with Crippen molar-refractivity contribution in [2.45, 2.75) is 58.4 Å². The molecule has 0 amide bonds. The van der Waals surface area contributed by atoms with Gasteiger partial charge in [-0.2, -0.15) is 0 Å². The van der Waals surface area contributed by atoms with Gasteiger partial charge in [-0.05, 0) is 42.9 Å². The van der Waals surface area contributed by atoms with E-state index in [9.17, 15) is 4.79 Å². The number of carbonyl (C=O) groups excluding carboxylic acids is 1. The Hall–Kier alpha value is -0.370. The number of carbonyl (C=O) groups is 1. The summed E-state index contributed by atoms with van der Waals surface area (Å²) < 4.78 is 0. The molecule has 2 nitrogen and oxygen atoms in total. The van der Waals surface area contributed by atoms with E-state index in [1.807, 2.05) is 0 Å². The van der Waals surface area contributed by atoms with E-state index in [-0.39, 0.29) is 6.04 Å². The van der Waals surface area contributed by atoms with Crippen LogP contribution in [0, 0.1) is 23.7 Å². The van der Waals surface area contributed by atoms with Gasteiger partial charge in [-0.15, -0.1) is 0 Å². The summed E-state index contributed by atoms with van der Waals surface area (Å²) in [5, 5.41) is 0. The molecule has 2 N–H and O–H groups in total. The zero-order chi connectivity index (χ0) is 11.7. The zero-order valence-corrected chi connectivity index (χ0v) is 10.6. The lowest BCUT2D eigenvalue weighted by molar-refractivity contribution is -0.120. The number of rotatable bonds is 5. The highest BCUT2D eigenvalue weighted by Crippen LogP contribution is 2.49. The number of hydrogen-bond acceptors (Lipinski definition) is 2. The molecule has 0 spiro atoms. The van der Waals surface area contributed by atoms with Crippen molar-refractivity contribution in [1.29, 1.82) is 0 Å². The van der Waals surface area contributed by atoms with Crippen molar-refractivity contribution in [3.8, 4) is 0 Å². The van der Waals surface area contributed by atoms with Crippen molar-refractivity contribution in [2.24, 2.45) is 29.4 Å². The molecule has 4 atom stereocenters. The summed E-state index contributed by atoms with van der Waals surface area (Å²) in [5.74, 6) is 3.33. The molecule has 2 bridgehead atoms. The van der Waals surface area contributed by atoms with Gasteiger partial charge in [0, 0.05) is 18.9 Å². The molecule has 0 aliphatic heterocycles. The van der Waals surface area contributed by atoms with Gasteiger partial charge in [-0.1, -0.05) is 20.3 Å². The monoisotopic (exact) mass is 223 g/mol. The summed E-state index contributed by atoms with van der Waals surface area (Å²) in [6.07, 6.45) is 6.90. The van der Waals surface area contributed by atoms with Crippen molar-refractivity contribution >= 4 is 5.78 Å². The molecule has 92 valence electrons. The Kier molecular flexibility index (Phi) is 3.68. The smallest absolute Gasteiger partial charge is 0.134 e. The van der Waals surface area contributed by atoms with E-state index >= 15 is 0 Å². The largest absolute Gasteiger partial charge is 0.327 e. The number of hydrogen-bond donors (Lipinski definition) is 1. The van der Waals surface area contributed by atoms with Gasteiger partial charge in [0.2, 0.25) is 0 Å². The van der Waals surface area contributed by atoms with E-state index in [2.05, 4.69) is 13.8 Å². The summed E-state index contributed by atoms with van der Waals surface area (Å²) in [6.45, 7) is 4.19. The Bertz CT molecular complexity index is 261. The Morgan fingerprint density at radius 2 is 2.06 bits per heavy atom. The van der Waals surface area contributed by atoms with Gasteiger partial charge in [0.1, 0.15) is 5.78 Å². The molecule has 2 fully saturated rings. The zero-order valence-electron chi connectivity index (χ0n) is 10.6. The fourth-order valence-corrected chi connectivity index (χ4v) is 3.50. The molecule has 0 saturated heterocycles. The summed E-state index contributed by atoms with van der Waals surface area (Å²) >= 11 is 0. The van der Waals surface area contributed by atoms with Crippen molar-refractivity contribution in [3.63, 3.8) is 0 Å². The maximum Gasteiger partial charge on any atom is 0.134 e. The van der Waals surface area contributed by atoms with Crippen LogP contribution in [0.3, 0.4) is 0 Å². The summed E-state index contributed by atoms with van der Waals surface area (Å²) in [4.78, 5) is 11.9. The van der Waals surface area contributed by atoms with Crippen LogP contribution in [-0.4, -0.2) is 11.8 Å². The third-order valence-corrected chi connectivity index (χ3v) is 4.69. The molecule has 0 heterocycles. The van der Waals surface area contributed by atoms with E-state index < -0.39 is 0 Å². The van der Waals surface area contributed by atoms with Crippen LogP contribution in [0.25, 0.3) is 0 Å². The Morgan fingerprint density at radius 1 is 1.31 bits per heavy atom. The fraction of sp³-hybridized carbons (Fsp3) is 0.929. The van der Waals surface area contributed by atoms with Crippen LogP contribution < -0.4 is 5.73 Å². The SMILES string of the molecule is CC(C)C(N)CC(=O)CC1CC2CCC1C2. The molecule has 2 heteroatoms. The quantitative estimate of drug-likeness (QED) is 0.778. The lowest BCUT2D eigenvalue weighted by Crippen LogP contribution is -2.30. The third-order valence-electron chi connectivity index (χ3n) is 4.69. The molecule has 2 saturated carbocycles. The Labute approximate surface area is 99.0 Å². The minimum atomic E-state index is 0.0612. The lowest BCUT2D eigenvalue weighted by atomic mass is 9.84. The second-order valence-electron chi connectivity index (χ2n) is 6.29. The first kappa shape index (κ1) is 12.1. The summed E-state index contributed by atoms with van der Waals surface area (Å²) in [6, 6.07) is 0.0612. The van der Waals surface area contributed by atoms with Crippen LogP contribution in [0.1, 0.15) is 52.4 Å². The molecule has 2 aliphatic rings. The van der Waals surface area contributed by atoms with Crippen LogP contribution in [0.2, 0.25) is 0 Å². The predicted molar refractivity (Wildman–Crippen MR) is 66.0 cm³/mol. The van der Waals surface area contributed by atoms with Crippen LogP contribution >= 0.6 is 0 Å². The van der Waals surface area contributed by atoms with E-state index in [1.54, 1.807) is 0 Å². The predicted octanol–water partition coefficient (Wildman–Crippen LogP) is 2.76. The van der Waals surface area contributed by atoms with Crippen molar-refractivity contribution in [3.05, 3.63) is 0 Å². The van der Waals surface area contributed by atoms with Gasteiger partial charge >= 0.3 is 0 Å². The Morgan fingerprint density at radius 3 is 2.56 bits per heavy atom. The first-order valence-corrected chi connectivity index (χ1v) is 6.83. The van der Waals surface area contributed by atoms with Crippen molar-refractivity contribution in [2.75, 3.05) is 0 Å². The maximum absolute atomic E-state index is 11.9. The molecule has 0 aromatic rings. The topological polar surface area (TPSA) is 43.1 Å². The van der Waals surface area contributed by atoms with E-state index in [0.717, 1.165) is 18.3 Å². The lowest BCUT2D eigenvalue weighted by Gasteiger charge is -2.22. The fourth-order valence-electron chi connectivity index (χ4n) is 3.50. The minimum absolute atomic E-state index is 0.0612. The van der Waals surface area contributed by atoms with Crippen LogP contribution in [0.15, 0.2) is 0 Å². The highest BCUT2D eigenvalue weighted by molar-refractivity contribution is 5.79. The first-order chi connectivity index (χ1) is 7.56. The number of nitrogens with two attached hydrogens (primary N) is 1. The van der Waals surface area contributed by atoms with Gasteiger partial charge in [0.25, 0.3) is 0 Å². The number of fused-ring (bicyclic) bond motifs is 2. The van der Waals surface area contributed by atoms with Crippen molar-refractivity contribution < 1.29 is 4.79 Å². The number of Topliss-reactive ketones (excluding diaryl/α,β-unsaturated/α-hetero) is 1. The highest BCUT2D eigenvalue weighted by atomic mass is 16.1. The summed E-state index contributed by atoms with van der Waals surface area (Å²) in [7, 11) is 0. The number of ketones is 1. The molecule has 2 aliphatic carbocycles. The minimum Gasteiger partial charge on any atom is -0.327 e. The third kappa shape index (κ3) is 2.65. The average molecular weight is 223 g/mol. The second-order valence-corrected chi connectivity index (χ2v) is 6.29. The van der Waals surface area contributed by atoms with Gasteiger partial charge in [-0.3, -0.25) is 4.79 Å². The van der Waals surface area contributed by atoms with Gasteiger partial charge < -0.3 is 5.73 Å². The Balaban J connectivity index is 1.75. The van der Waals surface area contributed by atoms with E-state index in [1.165, 1.54) is 25.7 Å². The molecule has 2 rings (SSSR count). The van der Waals surface area contributed by atoms with Crippen LogP contribution in [0.5, 0.6) is 0 Å². The molecule has 4 unspecified atom stereocenters. The van der Waals surface area contributed by atoms with Gasteiger partial charge in [-0.25, -0.2) is 0 Å². The molecule has 0 aromatic carbocycles. The first-order valence-electron chi connectivity index (χ1n) is 6.83.